The number of hydrogen-bond acceptors (Lipinski definition) is 5. The van der Waals surface area contributed by atoms with Crippen molar-refractivity contribution in [2.75, 3.05) is 46.3 Å². The zero-order valence-electron chi connectivity index (χ0n) is 18.0. The number of ether oxygens (including phenoxy) is 1. The molecule has 0 aliphatic carbocycles. The number of amides is 2. The van der Waals surface area contributed by atoms with Crippen molar-refractivity contribution < 1.29 is 14.3 Å². The molecule has 7 nitrogen and oxygen atoms in total. The van der Waals surface area contributed by atoms with Gasteiger partial charge in [0, 0.05) is 45.8 Å². The van der Waals surface area contributed by atoms with Crippen molar-refractivity contribution in [2.24, 2.45) is 0 Å². The van der Waals surface area contributed by atoms with Crippen LogP contribution in [0, 0.1) is 0 Å². The molecule has 1 N–H and O–H groups in total. The zero-order chi connectivity index (χ0) is 21.6. The molecule has 0 saturated carbocycles. The first-order valence-electron chi connectivity index (χ1n) is 10.9. The Kier molecular flexibility index (Phi) is 6.84. The molecule has 1 atom stereocenters. The number of para-hydroxylation sites is 1. The lowest BCUT2D eigenvalue weighted by Gasteiger charge is -2.37. The first-order chi connectivity index (χ1) is 15.1. The fourth-order valence-corrected chi connectivity index (χ4v) is 4.09. The van der Waals surface area contributed by atoms with Crippen molar-refractivity contribution in [3.8, 4) is 11.5 Å². The number of carbonyl (C=O) groups excluding carboxylic acids is 2. The molecular weight excluding hydrogens is 392 g/mol. The maximum absolute atomic E-state index is 12.9. The van der Waals surface area contributed by atoms with E-state index >= 15 is 0 Å². The average molecular weight is 423 g/mol. The second-order valence-corrected chi connectivity index (χ2v) is 8.23. The quantitative estimate of drug-likeness (QED) is 0.771. The Morgan fingerprint density at radius 1 is 1.00 bits per heavy atom. The summed E-state index contributed by atoms with van der Waals surface area (Å²) < 4.78 is 5.95. The molecule has 0 unspecified atom stereocenters. The van der Waals surface area contributed by atoms with Crippen LogP contribution in [0.15, 0.2) is 54.6 Å². The largest absolute Gasteiger partial charge is 0.457 e. The summed E-state index contributed by atoms with van der Waals surface area (Å²) in [5.41, 5.74) is 1.06. The van der Waals surface area contributed by atoms with Gasteiger partial charge in [-0.15, -0.1) is 0 Å². The molecule has 0 aromatic heterocycles. The Balaban J connectivity index is 1.41. The molecule has 0 radical (unpaired) electrons. The van der Waals surface area contributed by atoms with E-state index in [1.54, 1.807) is 0 Å². The molecule has 0 bridgehead atoms. The minimum Gasteiger partial charge on any atom is -0.457 e. The van der Waals surface area contributed by atoms with Crippen molar-refractivity contribution in [3.05, 3.63) is 60.2 Å². The maximum Gasteiger partial charge on any atom is 0.237 e. The van der Waals surface area contributed by atoms with Crippen LogP contribution >= 0.6 is 0 Å². The van der Waals surface area contributed by atoms with Gasteiger partial charge < -0.3 is 19.9 Å². The first kappa shape index (κ1) is 21.3. The lowest BCUT2D eigenvalue weighted by atomic mass is 10.1. The lowest BCUT2D eigenvalue weighted by Crippen LogP contribution is -2.57. The summed E-state index contributed by atoms with van der Waals surface area (Å²) in [7, 11) is 2.06. The third-order valence-electron chi connectivity index (χ3n) is 5.93. The average Bonchev–Trinajstić information content (AvgIpc) is 2.77. The van der Waals surface area contributed by atoms with Gasteiger partial charge in [-0.2, -0.15) is 0 Å². The predicted octanol–water partition coefficient (Wildman–Crippen LogP) is 1.94. The number of benzene rings is 2. The monoisotopic (exact) mass is 422 g/mol. The van der Waals surface area contributed by atoms with Gasteiger partial charge in [0.25, 0.3) is 0 Å². The minimum absolute atomic E-state index is 0.0568. The van der Waals surface area contributed by atoms with Crippen molar-refractivity contribution in [3.63, 3.8) is 0 Å². The van der Waals surface area contributed by atoms with E-state index in [0.717, 1.165) is 49.8 Å². The fourth-order valence-electron chi connectivity index (χ4n) is 4.09. The molecule has 2 fully saturated rings. The van der Waals surface area contributed by atoms with Crippen LogP contribution in [-0.2, 0) is 16.1 Å². The van der Waals surface area contributed by atoms with Gasteiger partial charge in [-0.05, 0) is 36.9 Å². The molecule has 2 aromatic carbocycles. The van der Waals surface area contributed by atoms with Crippen LogP contribution in [0.3, 0.4) is 0 Å². The van der Waals surface area contributed by atoms with Crippen LogP contribution in [0.4, 0.5) is 0 Å². The van der Waals surface area contributed by atoms with E-state index in [2.05, 4.69) is 22.2 Å². The van der Waals surface area contributed by atoms with E-state index in [4.69, 9.17) is 4.74 Å². The smallest absolute Gasteiger partial charge is 0.237 e. The number of nitrogens with zero attached hydrogens (tertiary/aromatic N) is 3. The van der Waals surface area contributed by atoms with Gasteiger partial charge in [-0.1, -0.05) is 30.3 Å². The highest BCUT2D eigenvalue weighted by atomic mass is 16.5. The topological polar surface area (TPSA) is 65.1 Å². The minimum atomic E-state index is -0.445. The molecule has 2 heterocycles. The fraction of sp³-hybridized carbons (Fsp3) is 0.417. The van der Waals surface area contributed by atoms with E-state index in [0.29, 0.717) is 13.1 Å². The third kappa shape index (κ3) is 5.62. The summed E-state index contributed by atoms with van der Waals surface area (Å²) >= 11 is 0. The second-order valence-electron chi connectivity index (χ2n) is 8.23. The molecule has 2 aromatic rings. The van der Waals surface area contributed by atoms with E-state index in [1.807, 2.05) is 59.5 Å². The van der Waals surface area contributed by atoms with Crippen LogP contribution in [0.25, 0.3) is 0 Å². The summed E-state index contributed by atoms with van der Waals surface area (Å²) in [4.78, 5) is 31.7. The summed E-state index contributed by atoms with van der Waals surface area (Å²) in [6.07, 6.45) is 0.218. The Morgan fingerprint density at radius 3 is 2.52 bits per heavy atom. The maximum atomic E-state index is 12.9. The van der Waals surface area contributed by atoms with Crippen molar-refractivity contribution in [2.45, 2.75) is 19.0 Å². The van der Waals surface area contributed by atoms with Gasteiger partial charge in [0.15, 0.2) is 0 Å². The summed E-state index contributed by atoms with van der Waals surface area (Å²) in [6, 6.07) is 17.1. The Bertz CT molecular complexity index is 897. The van der Waals surface area contributed by atoms with Crippen molar-refractivity contribution >= 4 is 11.8 Å². The van der Waals surface area contributed by atoms with Gasteiger partial charge in [0.1, 0.15) is 11.5 Å². The Morgan fingerprint density at radius 2 is 1.74 bits per heavy atom. The van der Waals surface area contributed by atoms with Crippen LogP contribution < -0.4 is 10.1 Å². The van der Waals surface area contributed by atoms with Crippen LogP contribution in [0.5, 0.6) is 11.5 Å². The van der Waals surface area contributed by atoms with Crippen LogP contribution in [0.2, 0.25) is 0 Å². The van der Waals surface area contributed by atoms with Gasteiger partial charge in [-0.3, -0.25) is 14.5 Å². The molecule has 4 rings (SSSR count). The molecule has 2 aliphatic rings. The molecular formula is C24H30N4O3. The Hall–Kier alpha value is -2.90. The van der Waals surface area contributed by atoms with Crippen molar-refractivity contribution in [1.82, 2.24) is 20.0 Å². The second kappa shape index (κ2) is 9.94. The molecule has 7 heteroatoms. The summed E-state index contributed by atoms with van der Waals surface area (Å²) in [5, 5.41) is 2.92. The summed E-state index contributed by atoms with van der Waals surface area (Å²) in [6.45, 7) is 5.11. The van der Waals surface area contributed by atoms with Gasteiger partial charge in [0.05, 0.1) is 12.5 Å². The molecule has 2 saturated heterocycles. The van der Waals surface area contributed by atoms with E-state index < -0.39 is 6.04 Å². The van der Waals surface area contributed by atoms with Crippen LogP contribution in [-0.4, -0.2) is 78.9 Å². The zero-order valence-corrected chi connectivity index (χ0v) is 18.0. The standard InChI is InChI=1S/C24H30N4O3/c1-26-12-14-27(15-13-26)23(29)17-22-24(30)25-10-11-28(22)18-19-6-5-9-21(16-19)31-20-7-3-2-4-8-20/h2-9,16,22H,10-15,17-18H2,1H3,(H,25,30)/t22-/m1/s1. The molecule has 0 spiro atoms. The summed E-state index contributed by atoms with van der Waals surface area (Å²) in [5.74, 6) is 1.54. The molecule has 2 amide bonds. The van der Waals surface area contributed by atoms with Gasteiger partial charge in [-0.25, -0.2) is 0 Å². The highest BCUT2D eigenvalue weighted by Crippen LogP contribution is 2.23. The Labute approximate surface area is 183 Å². The normalized spacial score (nSPS) is 20.4. The highest BCUT2D eigenvalue weighted by molar-refractivity contribution is 5.88. The number of nitrogens with one attached hydrogen (secondary N) is 1. The van der Waals surface area contributed by atoms with Crippen molar-refractivity contribution in [1.29, 1.82) is 0 Å². The molecule has 164 valence electrons. The lowest BCUT2D eigenvalue weighted by molar-refractivity contribution is -0.140. The predicted molar refractivity (Wildman–Crippen MR) is 119 cm³/mol. The molecule has 31 heavy (non-hydrogen) atoms. The van der Waals surface area contributed by atoms with E-state index in [9.17, 15) is 9.59 Å². The SMILES string of the molecule is CN1CCN(C(=O)C[C@@H]2C(=O)NCCN2Cc2cccc(Oc3ccccc3)c2)CC1. The number of piperazine rings is 2. The number of carbonyl (C=O) groups is 2. The highest BCUT2D eigenvalue weighted by Gasteiger charge is 2.33. The number of hydrogen-bond donors (Lipinski definition) is 1. The number of likely N-dealkylation sites (N-methyl/N-ethyl adjacent to an activating group) is 1. The van der Waals surface area contributed by atoms with Gasteiger partial charge in [0.2, 0.25) is 11.8 Å². The number of rotatable bonds is 6. The van der Waals surface area contributed by atoms with Gasteiger partial charge >= 0.3 is 0 Å². The van der Waals surface area contributed by atoms with Crippen LogP contribution in [0.1, 0.15) is 12.0 Å². The van der Waals surface area contributed by atoms with E-state index in [1.165, 1.54) is 0 Å². The third-order valence-corrected chi connectivity index (χ3v) is 5.93. The molecule has 2 aliphatic heterocycles. The van der Waals surface area contributed by atoms with E-state index in [-0.39, 0.29) is 18.2 Å². The first-order valence-corrected chi connectivity index (χ1v) is 10.9.